The normalized spacial score (nSPS) is 13.8. The number of sulfonamides is 1. The van der Waals surface area contributed by atoms with E-state index in [2.05, 4.69) is 46.1 Å². The topological polar surface area (TPSA) is 186 Å². The Bertz CT molecular complexity index is 2180. The molecule has 0 saturated heterocycles. The fourth-order valence-corrected chi connectivity index (χ4v) is 7.26. The van der Waals surface area contributed by atoms with Crippen molar-refractivity contribution in [2.75, 3.05) is 35.6 Å². The van der Waals surface area contributed by atoms with Crippen molar-refractivity contribution in [3.63, 3.8) is 0 Å². The molecule has 0 atom stereocenters. The number of H-pyrrole nitrogens is 2. The number of ether oxygens (including phenoxy) is 4. The molecule has 0 aliphatic carbocycles. The van der Waals surface area contributed by atoms with E-state index in [0.717, 1.165) is 16.6 Å². The highest BCUT2D eigenvalue weighted by Crippen LogP contribution is 2.40. The molecule has 2 aliphatic heterocycles. The fourth-order valence-electron chi connectivity index (χ4n) is 5.80. The van der Waals surface area contributed by atoms with Gasteiger partial charge in [0.05, 0.1) is 23.7 Å². The van der Waals surface area contributed by atoms with Crippen LogP contribution in [0.25, 0.3) is 10.8 Å². The van der Waals surface area contributed by atoms with Gasteiger partial charge in [0.15, 0.2) is 34.6 Å². The highest BCUT2D eigenvalue weighted by atomic mass is 32.2. The van der Waals surface area contributed by atoms with Crippen molar-refractivity contribution >= 4 is 32.2 Å². The average Bonchev–Trinajstić information content (AvgIpc) is 3.85. The fraction of sp³-hybridized carbons (Fsp3) is 0.226. The summed E-state index contributed by atoms with van der Waals surface area (Å²) in [6, 6.07) is 21.7. The number of hydrogen-bond acceptors (Lipinski definition) is 13. The lowest BCUT2D eigenvalue weighted by molar-refractivity contribution is 0.171. The lowest BCUT2D eigenvalue weighted by Gasteiger charge is -2.29. The SMILES string of the molecule is O=S(=O)(c1ccc2c(c1)OCCO2)N(Cc1nn[nH]n1)c1ccc(N(Cc2ccc3c(c2)OCCO3)Cc2nn[nH]n2)c2ccccc12. The Kier molecular flexibility index (Phi) is 7.56. The molecule has 2 aliphatic rings. The minimum atomic E-state index is -4.18. The number of anilines is 2. The maximum absolute atomic E-state index is 14.5. The lowest BCUT2D eigenvalue weighted by atomic mass is 10.0. The van der Waals surface area contributed by atoms with E-state index in [4.69, 9.17) is 18.9 Å². The van der Waals surface area contributed by atoms with Crippen LogP contribution in [-0.4, -0.2) is 76.1 Å². The molecule has 244 valence electrons. The quantitative estimate of drug-likeness (QED) is 0.217. The first-order valence-corrected chi connectivity index (χ1v) is 16.5. The van der Waals surface area contributed by atoms with Gasteiger partial charge in [0.1, 0.15) is 26.4 Å². The van der Waals surface area contributed by atoms with Crippen LogP contribution in [0.5, 0.6) is 23.0 Å². The molecule has 0 spiro atoms. The summed E-state index contributed by atoms with van der Waals surface area (Å²) in [5.41, 5.74) is 2.22. The number of fused-ring (bicyclic) bond motifs is 3. The summed E-state index contributed by atoms with van der Waals surface area (Å²) in [7, 11) is -4.18. The van der Waals surface area contributed by atoms with E-state index in [0.29, 0.717) is 79.4 Å². The van der Waals surface area contributed by atoms with Gasteiger partial charge < -0.3 is 23.8 Å². The minimum absolute atomic E-state index is 0.0285. The molecular weight excluding hydrogens is 640 g/mol. The average molecular weight is 669 g/mol. The molecule has 0 amide bonds. The lowest BCUT2D eigenvalue weighted by Crippen LogP contribution is -2.31. The Labute approximate surface area is 273 Å². The predicted octanol–water partition coefficient (Wildman–Crippen LogP) is 3.01. The van der Waals surface area contributed by atoms with Crippen molar-refractivity contribution in [2.45, 2.75) is 24.5 Å². The first kappa shape index (κ1) is 29.4. The Morgan fingerprint density at radius 2 is 1.21 bits per heavy atom. The highest BCUT2D eigenvalue weighted by molar-refractivity contribution is 7.92. The summed E-state index contributed by atoms with van der Waals surface area (Å²) in [6.45, 7) is 2.28. The number of hydrogen-bond donors (Lipinski definition) is 2. The molecule has 0 fully saturated rings. The van der Waals surface area contributed by atoms with Crippen molar-refractivity contribution in [3.8, 4) is 23.0 Å². The summed E-state index contributed by atoms with van der Waals surface area (Å²) < 4.78 is 53.1. The van der Waals surface area contributed by atoms with Gasteiger partial charge in [-0.05, 0) is 42.0 Å². The number of aromatic amines is 2. The van der Waals surface area contributed by atoms with Gasteiger partial charge in [-0.2, -0.15) is 10.4 Å². The van der Waals surface area contributed by atoms with Crippen molar-refractivity contribution in [3.05, 3.63) is 90.0 Å². The zero-order chi connectivity index (χ0) is 32.5. The molecule has 2 N–H and O–H groups in total. The van der Waals surface area contributed by atoms with Crippen molar-refractivity contribution in [1.82, 2.24) is 41.2 Å². The van der Waals surface area contributed by atoms with Crippen LogP contribution >= 0.6 is 0 Å². The van der Waals surface area contributed by atoms with E-state index in [1.165, 1.54) is 16.4 Å². The number of nitrogens with one attached hydrogen (secondary N) is 2. The van der Waals surface area contributed by atoms with Gasteiger partial charge in [-0.1, -0.05) is 40.8 Å². The molecule has 16 nitrogen and oxygen atoms in total. The van der Waals surface area contributed by atoms with Crippen LogP contribution in [-0.2, 0) is 29.7 Å². The summed E-state index contributed by atoms with van der Waals surface area (Å²) in [5, 5.41) is 30.3. The first-order chi connectivity index (χ1) is 23.5. The number of benzene rings is 4. The summed E-state index contributed by atoms with van der Waals surface area (Å²) in [5.74, 6) is 2.91. The van der Waals surface area contributed by atoms with Gasteiger partial charge in [0.25, 0.3) is 10.0 Å². The first-order valence-electron chi connectivity index (χ1n) is 15.1. The van der Waals surface area contributed by atoms with E-state index in [1.807, 2.05) is 48.5 Å². The zero-order valence-electron chi connectivity index (χ0n) is 25.3. The highest BCUT2D eigenvalue weighted by Gasteiger charge is 2.30. The van der Waals surface area contributed by atoms with Crippen LogP contribution in [0.2, 0.25) is 0 Å². The second kappa shape index (κ2) is 12.3. The second-order valence-electron chi connectivity index (χ2n) is 11.0. The van der Waals surface area contributed by atoms with E-state index in [9.17, 15) is 8.42 Å². The molecule has 6 aromatic rings. The number of tetrazole rings is 2. The molecule has 2 aromatic heterocycles. The third-order valence-corrected chi connectivity index (χ3v) is 9.72. The monoisotopic (exact) mass is 668 g/mol. The van der Waals surface area contributed by atoms with E-state index in [1.54, 1.807) is 12.1 Å². The van der Waals surface area contributed by atoms with Crippen LogP contribution in [0.4, 0.5) is 11.4 Å². The van der Waals surface area contributed by atoms with Crippen LogP contribution in [0.3, 0.4) is 0 Å². The molecule has 4 aromatic carbocycles. The molecule has 0 saturated carbocycles. The van der Waals surface area contributed by atoms with E-state index >= 15 is 0 Å². The Hall–Kier alpha value is -5.97. The number of nitrogens with zero attached hydrogens (tertiary/aromatic N) is 8. The number of aromatic nitrogens is 8. The Balaban J connectivity index is 1.23. The van der Waals surface area contributed by atoms with Crippen LogP contribution < -0.4 is 28.2 Å². The smallest absolute Gasteiger partial charge is 0.264 e. The molecule has 48 heavy (non-hydrogen) atoms. The predicted molar refractivity (Wildman–Crippen MR) is 170 cm³/mol. The van der Waals surface area contributed by atoms with Gasteiger partial charge in [-0.25, -0.2) is 8.42 Å². The molecule has 0 radical (unpaired) electrons. The van der Waals surface area contributed by atoms with Gasteiger partial charge in [-0.15, -0.1) is 20.4 Å². The van der Waals surface area contributed by atoms with Gasteiger partial charge in [0, 0.05) is 29.1 Å². The molecule has 4 heterocycles. The Morgan fingerprint density at radius 1 is 0.625 bits per heavy atom. The van der Waals surface area contributed by atoms with Gasteiger partial charge in [-0.3, -0.25) is 4.31 Å². The third-order valence-electron chi connectivity index (χ3n) is 7.96. The largest absolute Gasteiger partial charge is 0.486 e. The standard InChI is InChI=1S/C31H28N10O6S/c42-48(43,21-6-10-27-29(16-21)47-14-12-45-27)41(19-31-34-38-39-35-31)25-8-7-24(22-3-1-2-4-23(22)25)40(18-30-32-36-37-33-30)17-20-5-9-26-28(15-20)46-13-11-44-26/h1-10,15-16H,11-14,17-19H2,(H,32,33,36,37)(H,34,35,38,39). The maximum atomic E-state index is 14.5. The molecule has 0 unspecified atom stereocenters. The minimum Gasteiger partial charge on any atom is -0.486 e. The summed E-state index contributed by atoms with van der Waals surface area (Å²) in [4.78, 5) is 2.13. The molecule has 17 heteroatoms. The zero-order valence-corrected chi connectivity index (χ0v) is 26.1. The third kappa shape index (κ3) is 5.63. The molecule has 0 bridgehead atoms. The van der Waals surface area contributed by atoms with Crippen LogP contribution in [0.1, 0.15) is 17.2 Å². The van der Waals surface area contributed by atoms with Crippen molar-refractivity contribution in [1.29, 1.82) is 0 Å². The summed E-state index contributed by atoms with van der Waals surface area (Å²) in [6.07, 6.45) is 0. The van der Waals surface area contributed by atoms with Crippen molar-refractivity contribution < 1.29 is 27.4 Å². The Morgan fingerprint density at radius 3 is 1.88 bits per heavy atom. The van der Waals surface area contributed by atoms with E-state index in [-0.39, 0.29) is 17.3 Å². The summed E-state index contributed by atoms with van der Waals surface area (Å²) >= 11 is 0. The van der Waals surface area contributed by atoms with Gasteiger partial charge >= 0.3 is 0 Å². The number of rotatable bonds is 10. The van der Waals surface area contributed by atoms with Gasteiger partial charge in [0.2, 0.25) is 0 Å². The van der Waals surface area contributed by atoms with E-state index < -0.39 is 10.0 Å². The van der Waals surface area contributed by atoms with Crippen LogP contribution in [0, 0.1) is 0 Å². The second-order valence-corrected chi connectivity index (χ2v) is 12.8. The van der Waals surface area contributed by atoms with Crippen LogP contribution in [0.15, 0.2) is 77.7 Å². The molecular formula is C31H28N10O6S. The molecule has 8 rings (SSSR count). The maximum Gasteiger partial charge on any atom is 0.264 e. The van der Waals surface area contributed by atoms with Crippen molar-refractivity contribution in [2.24, 2.45) is 0 Å².